The molecule has 12 heteroatoms. The largest absolute Gasteiger partial charge is 0.379 e. The lowest BCUT2D eigenvalue weighted by Gasteiger charge is -2.37. The number of hydrogen-bond acceptors (Lipinski definition) is 9. The number of hydroxylamine groups is 2. The molecular weight excluding hydrogens is 552 g/mol. The Hall–Kier alpha value is -1.73. The molecule has 228 valence electrons. The smallest absolute Gasteiger partial charge is 0.250 e. The molecule has 0 saturated heterocycles. The second kappa shape index (κ2) is 18.7. The number of aromatic nitrogens is 1. The van der Waals surface area contributed by atoms with E-state index in [4.69, 9.17) is 9.47 Å². The van der Waals surface area contributed by atoms with E-state index in [1.165, 1.54) is 29.5 Å². The van der Waals surface area contributed by atoms with Gasteiger partial charge in [0.1, 0.15) is 6.04 Å². The van der Waals surface area contributed by atoms with E-state index in [9.17, 15) is 19.6 Å². The first kappa shape index (κ1) is 34.5. The van der Waals surface area contributed by atoms with Gasteiger partial charge in [-0.25, -0.2) is 10.0 Å². The Labute approximate surface area is 247 Å². The lowest BCUT2D eigenvalue weighted by molar-refractivity contribution is -0.170. The number of anilines is 1. The van der Waals surface area contributed by atoms with E-state index in [-0.39, 0.29) is 11.8 Å². The van der Waals surface area contributed by atoms with Crippen LogP contribution in [0.5, 0.6) is 0 Å². The molecule has 1 heterocycles. The zero-order valence-corrected chi connectivity index (χ0v) is 26.1. The maximum atomic E-state index is 14.0. The molecule has 1 saturated carbocycles. The standard InChI is InChI=1S/C28H48N4O6S2/c1-5-10-23(32(36)20-33)22(19-21-11-8-7-9-12-21)25(34)30-24(26(35)31-27-29-13-17-39-27)28(3,4)40-18-16-38-15-14-37-6-2/h13,17,20-24,36H,5-12,14-16,18-19H2,1-4H3,(H,30,34)(H,29,31,35)/t22-,23+,24-/m1/s1. The normalized spacial score (nSPS) is 16.6. The van der Waals surface area contributed by atoms with Crippen molar-refractivity contribution >= 4 is 46.5 Å². The number of carbonyl (C=O) groups is 3. The monoisotopic (exact) mass is 600 g/mol. The summed E-state index contributed by atoms with van der Waals surface area (Å²) in [6.45, 7) is 9.90. The second-order valence-corrected chi connectivity index (χ2v) is 13.4. The summed E-state index contributed by atoms with van der Waals surface area (Å²) in [4.78, 5) is 43.3. The number of hydrogen-bond donors (Lipinski definition) is 3. The Morgan fingerprint density at radius 3 is 2.55 bits per heavy atom. The molecule has 3 N–H and O–H groups in total. The van der Waals surface area contributed by atoms with E-state index in [2.05, 4.69) is 15.6 Å². The van der Waals surface area contributed by atoms with Gasteiger partial charge in [0, 0.05) is 28.7 Å². The molecular formula is C28H48N4O6S2. The summed E-state index contributed by atoms with van der Waals surface area (Å²) >= 11 is 2.84. The fourth-order valence-electron chi connectivity index (χ4n) is 5.19. The third-order valence-corrected chi connectivity index (χ3v) is 9.37. The highest BCUT2D eigenvalue weighted by molar-refractivity contribution is 8.00. The maximum Gasteiger partial charge on any atom is 0.250 e. The van der Waals surface area contributed by atoms with E-state index in [1.807, 2.05) is 27.7 Å². The van der Waals surface area contributed by atoms with Crippen LogP contribution in [0.2, 0.25) is 0 Å². The number of nitrogens with zero attached hydrogens (tertiary/aromatic N) is 2. The zero-order chi connectivity index (χ0) is 29.4. The molecule has 2 rings (SSSR count). The maximum absolute atomic E-state index is 14.0. The molecule has 1 fully saturated rings. The van der Waals surface area contributed by atoms with Crippen LogP contribution in [0.25, 0.3) is 0 Å². The highest BCUT2D eigenvalue weighted by Gasteiger charge is 2.41. The minimum atomic E-state index is -0.892. The lowest BCUT2D eigenvalue weighted by Crippen LogP contribution is -2.58. The van der Waals surface area contributed by atoms with E-state index in [0.29, 0.717) is 74.0 Å². The number of carbonyl (C=O) groups excluding carboxylic acids is 3. The topological polar surface area (TPSA) is 130 Å². The van der Waals surface area contributed by atoms with E-state index in [0.717, 1.165) is 25.7 Å². The third-order valence-electron chi connectivity index (χ3n) is 7.33. The van der Waals surface area contributed by atoms with Crippen molar-refractivity contribution in [1.29, 1.82) is 0 Å². The Bertz CT molecular complexity index is 867. The Balaban J connectivity index is 2.23. The molecule has 1 aromatic heterocycles. The Morgan fingerprint density at radius 1 is 1.20 bits per heavy atom. The second-order valence-electron chi connectivity index (χ2n) is 10.7. The molecule has 1 aliphatic rings. The van der Waals surface area contributed by atoms with Crippen molar-refractivity contribution in [1.82, 2.24) is 15.4 Å². The molecule has 40 heavy (non-hydrogen) atoms. The zero-order valence-electron chi connectivity index (χ0n) is 24.4. The van der Waals surface area contributed by atoms with Gasteiger partial charge in [0.05, 0.1) is 31.8 Å². The highest BCUT2D eigenvalue weighted by Crippen LogP contribution is 2.34. The number of rotatable bonds is 20. The predicted octanol–water partition coefficient (Wildman–Crippen LogP) is 4.73. The van der Waals surface area contributed by atoms with Crippen LogP contribution in [0.4, 0.5) is 5.13 Å². The van der Waals surface area contributed by atoms with E-state index >= 15 is 0 Å². The van der Waals surface area contributed by atoms with Crippen LogP contribution in [-0.4, -0.2) is 82.5 Å². The first-order chi connectivity index (χ1) is 19.2. The molecule has 1 aromatic rings. The summed E-state index contributed by atoms with van der Waals surface area (Å²) in [7, 11) is 0. The van der Waals surface area contributed by atoms with Gasteiger partial charge in [0.25, 0.3) is 0 Å². The summed E-state index contributed by atoms with van der Waals surface area (Å²) in [5, 5.41) is 19.2. The Kier molecular flexibility index (Phi) is 16.1. The molecule has 0 aliphatic heterocycles. The van der Waals surface area contributed by atoms with Crippen LogP contribution in [0, 0.1) is 11.8 Å². The fraction of sp³-hybridized carbons (Fsp3) is 0.786. The van der Waals surface area contributed by atoms with Gasteiger partial charge in [-0.05, 0) is 39.5 Å². The molecule has 3 amide bonds. The van der Waals surface area contributed by atoms with Gasteiger partial charge in [-0.15, -0.1) is 11.3 Å². The summed E-state index contributed by atoms with van der Waals surface area (Å²) in [6.07, 6.45) is 9.18. The van der Waals surface area contributed by atoms with Gasteiger partial charge in [0.2, 0.25) is 18.2 Å². The molecule has 0 radical (unpaired) electrons. The number of thioether (sulfide) groups is 1. The first-order valence-corrected chi connectivity index (χ1v) is 16.3. The predicted molar refractivity (Wildman–Crippen MR) is 160 cm³/mol. The van der Waals surface area contributed by atoms with Crippen LogP contribution < -0.4 is 10.6 Å². The lowest BCUT2D eigenvalue weighted by atomic mass is 9.79. The summed E-state index contributed by atoms with van der Waals surface area (Å²) in [5.41, 5.74) is 0. The average molecular weight is 601 g/mol. The van der Waals surface area contributed by atoms with Crippen LogP contribution in [0.3, 0.4) is 0 Å². The van der Waals surface area contributed by atoms with Crippen LogP contribution in [0.1, 0.15) is 79.1 Å². The molecule has 10 nitrogen and oxygen atoms in total. The molecule has 0 aromatic carbocycles. The van der Waals surface area contributed by atoms with Gasteiger partial charge in [-0.3, -0.25) is 19.6 Å². The summed E-state index contributed by atoms with van der Waals surface area (Å²) in [5.74, 6) is -0.377. The average Bonchev–Trinajstić information content (AvgIpc) is 3.46. The summed E-state index contributed by atoms with van der Waals surface area (Å²) < 4.78 is 10.3. The minimum absolute atomic E-state index is 0.328. The van der Waals surface area contributed by atoms with E-state index < -0.39 is 22.7 Å². The van der Waals surface area contributed by atoms with Gasteiger partial charge < -0.3 is 20.1 Å². The van der Waals surface area contributed by atoms with Crippen molar-refractivity contribution in [2.75, 3.05) is 37.5 Å². The van der Waals surface area contributed by atoms with Gasteiger partial charge in [0.15, 0.2) is 5.13 Å². The van der Waals surface area contributed by atoms with Gasteiger partial charge in [-0.1, -0.05) is 45.4 Å². The molecule has 0 unspecified atom stereocenters. The molecule has 1 aliphatic carbocycles. The van der Waals surface area contributed by atoms with Crippen LogP contribution >= 0.6 is 23.1 Å². The SMILES string of the molecule is CCC[C@@H]([C@@H](CC1CCCCC1)C(=O)N[C@H](C(=O)Nc1nccs1)C(C)(C)SCCOCCOCC)N(O)C=O. The van der Waals surface area contributed by atoms with Crippen LogP contribution in [0.15, 0.2) is 11.6 Å². The Morgan fingerprint density at radius 2 is 1.93 bits per heavy atom. The van der Waals surface area contributed by atoms with Crippen molar-refractivity contribution in [2.45, 2.75) is 95.9 Å². The number of thiazole rings is 1. The summed E-state index contributed by atoms with van der Waals surface area (Å²) in [6, 6.07) is -1.56. The third kappa shape index (κ3) is 11.6. The van der Waals surface area contributed by atoms with Gasteiger partial charge in [-0.2, -0.15) is 11.8 Å². The number of nitrogens with one attached hydrogen (secondary N) is 2. The number of amides is 3. The van der Waals surface area contributed by atoms with Crippen LogP contribution in [-0.2, 0) is 23.9 Å². The van der Waals surface area contributed by atoms with Crippen molar-refractivity contribution in [3.63, 3.8) is 0 Å². The fourth-order valence-corrected chi connectivity index (χ4v) is 6.78. The quantitative estimate of drug-likeness (QED) is 0.0848. The number of ether oxygens (including phenoxy) is 2. The van der Waals surface area contributed by atoms with Crippen molar-refractivity contribution < 1.29 is 29.1 Å². The van der Waals surface area contributed by atoms with E-state index in [1.54, 1.807) is 11.6 Å². The van der Waals surface area contributed by atoms with Crippen molar-refractivity contribution in [3.05, 3.63) is 11.6 Å². The molecule has 0 spiro atoms. The highest BCUT2D eigenvalue weighted by atomic mass is 32.2. The molecule has 0 bridgehead atoms. The first-order valence-electron chi connectivity index (χ1n) is 14.5. The van der Waals surface area contributed by atoms with Gasteiger partial charge >= 0.3 is 0 Å². The minimum Gasteiger partial charge on any atom is -0.379 e. The van der Waals surface area contributed by atoms with Crippen molar-refractivity contribution in [2.24, 2.45) is 11.8 Å². The molecule has 3 atom stereocenters. The van der Waals surface area contributed by atoms with Crippen molar-refractivity contribution in [3.8, 4) is 0 Å².